The molecule has 1 heterocycles. The third-order valence-corrected chi connectivity index (χ3v) is 11.4. The van der Waals surface area contributed by atoms with Gasteiger partial charge in [-0.25, -0.2) is 4.79 Å². The Morgan fingerprint density at radius 2 is 0.827 bits per heavy atom. The monoisotopic (exact) mass is 1040 g/mol. The van der Waals surface area contributed by atoms with Crippen LogP contribution in [0.5, 0.6) is 0 Å². The summed E-state index contributed by atoms with van der Waals surface area (Å²) in [6, 6.07) is 0. The van der Waals surface area contributed by atoms with Gasteiger partial charge in [-0.3, -0.25) is 14.4 Å². The largest absolute Gasteiger partial charge is 0.479 e. The van der Waals surface area contributed by atoms with E-state index in [2.05, 4.69) is 148 Å². The first kappa shape index (κ1) is 67.6. The highest BCUT2D eigenvalue weighted by Crippen LogP contribution is 2.26. The quantitative estimate of drug-likeness (QED) is 0.0228. The molecular weight excluding hydrogens is 949 g/mol. The van der Waals surface area contributed by atoms with Crippen LogP contribution in [0, 0.1) is 0 Å². The zero-order valence-corrected chi connectivity index (χ0v) is 45.7. The van der Waals surface area contributed by atoms with E-state index in [1.54, 1.807) is 0 Å². The van der Waals surface area contributed by atoms with E-state index in [0.29, 0.717) is 25.7 Å². The number of rotatable bonds is 44. The van der Waals surface area contributed by atoms with Crippen molar-refractivity contribution in [1.82, 2.24) is 0 Å². The minimum atomic E-state index is -1.94. The maximum atomic E-state index is 13.1. The third kappa shape index (κ3) is 39.7. The van der Waals surface area contributed by atoms with E-state index in [0.717, 1.165) is 109 Å². The van der Waals surface area contributed by atoms with E-state index < -0.39 is 67.3 Å². The molecule has 3 N–H and O–H groups in total. The molecule has 1 rings (SSSR count). The molecule has 1 fully saturated rings. The number of carboxylic acid groups (broad SMARTS) is 1. The first-order valence-electron chi connectivity index (χ1n) is 27.8. The van der Waals surface area contributed by atoms with Crippen molar-refractivity contribution in [2.24, 2.45) is 0 Å². The van der Waals surface area contributed by atoms with Crippen LogP contribution in [0.3, 0.4) is 0 Å². The molecule has 0 bridgehead atoms. The number of hydrogen-bond donors (Lipinski definition) is 3. The van der Waals surface area contributed by atoms with Gasteiger partial charge < -0.3 is 39.0 Å². The molecule has 1 aliphatic heterocycles. The summed E-state index contributed by atoms with van der Waals surface area (Å²) in [4.78, 5) is 51.0. The second-order valence-electron chi connectivity index (χ2n) is 18.1. The fourth-order valence-corrected chi connectivity index (χ4v) is 7.24. The second kappa shape index (κ2) is 49.5. The highest BCUT2D eigenvalue weighted by Gasteiger charge is 2.50. The van der Waals surface area contributed by atoms with Crippen molar-refractivity contribution in [2.75, 3.05) is 13.2 Å². The summed E-state index contributed by atoms with van der Waals surface area (Å²) in [5.74, 6) is -3.34. The molecular formula is C63H94O12. The zero-order chi connectivity index (χ0) is 54.7. The van der Waals surface area contributed by atoms with Gasteiger partial charge in [0.1, 0.15) is 18.8 Å². The van der Waals surface area contributed by atoms with Crippen LogP contribution in [0.25, 0.3) is 0 Å². The smallest absolute Gasteiger partial charge is 0.335 e. The molecule has 6 unspecified atom stereocenters. The predicted octanol–water partition coefficient (Wildman–Crippen LogP) is 14.0. The Hall–Kier alpha value is -5.40. The number of aliphatic carboxylic acids is 1. The molecule has 0 radical (unpaired) electrons. The van der Waals surface area contributed by atoms with E-state index >= 15 is 0 Å². The van der Waals surface area contributed by atoms with Gasteiger partial charge in [-0.05, 0) is 122 Å². The molecule has 0 aromatic heterocycles. The van der Waals surface area contributed by atoms with Gasteiger partial charge in [-0.2, -0.15) is 0 Å². The minimum absolute atomic E-state index is 0.0801. The SMILES string of the molecule is CC/C=C\C/C=C\C/C=C\C/C=C\C/C=C\C/C=C\CCC(=O)OC1C(OCC(COC(=O)CCCCC/C=C\C/C=C\C/C=C\CC)OC(=O)CCCCC/C=C\C/C=C\C/C=C\CC)OC(C(=O)O)C(O)C1O. The molecule has 1 saturated heterocycles. The number of aliphatic hydroxyl groups excluding tert-OH is 2. The summed E-state index contributed by atoms with van der Waals surface area (Å²) in [5, 5.41) is 31.4. The molecule has 0 aliphatic carbocycles. The zero-order valence-electron chi connectivity index (χ0n) is 45.7. The van der Waals surface area contributed by atoms with Crippen LogP contribution in [-0.2, 0) is 42.9 Å². The Morgan fingerprint density at radius 3 is 1.24 bits per heavy atom. The van der Waals surface area contributed by atoms with Crippen molar-refractivity contribution in [3.05, 3.63) is 146 Å². The Bertz CT molecular complexity index is 1860. The summed E-state index contributed by atoms with van der Waals surface area (Å²) in [5.41, 5.74) is 0. The van der Waals surface area contributed by atoms with Crippen LogP contribution < -0.4 is 0 Å². The molecule has 6 atom stereocenters. The van der Waals surface area contributed by atoms with E-state index in [1.807, 2.05) is 18.2 Å². The lowest BCUT2D eigenvalue weighted by Gasteiger charge is -2.40. The number of hydrogen-bond acceptors (Lipinski definition) is 11. The highest BCUT2D eigenvalue weighted by molar-refractivity contribution is 5.74. The van der Waals surface area contributed by atoms with Crippen molar-refractivity contribution in [3.63, 3.8) is 0 Å². The van der Waals surface area contributed by atoms with Crippen molar-refractivity contribution in [1.29, 1.82) is 0 Å². The lowest BCUT2D eigenvalue weighted by atomic mass is 9.98. The van der Waals surface area contributed by atoms with Gasteiger partial charge in [0.2, 0.25) is 0 Å². The second-order valence-corrected chi connectivity index (χ2v) is 18.1. The average Bonchev–Trinajstić information content (AvgIpc) is 3.39. The molecule has 75 heavy (non-hydrogen) atoms. The summed E-state index contributed by atoms with van der Waals surface area (Å²) < 4.78 is 28.2. The number of unbranched alkanes of at least 4 members (excludes halogenated alkanes) is 6. The minimum Gasteiger partial charge on any atom is -0.479 e. The van der Waals surface area contributed by atoms with Gasteiger partial charge >= 0.3 is 23.9 Å². The Labute approximate surface area is 451 Å². The number of esters is 3. The van der Waals surface area contributed by atoms with Crippen molar-refractivity contribution < 1.29 is 58.2 Å². The Morgan fingerprint density at radius 1 is 0.440 bits per heavy atom. The number of carbonyl (C=O) groups excluding carboxylic acids is 3. The van der Waals surface area contributed by atoms with Crippen molar-refractivity contribution in [2.45, 2.75) is 212 Å². The average molecular weight is 1040 g/mol. The van der Waals surface area contributed by atoms with Gasteiger partial charge in [-0.15, -0.1) is 0 Å². The molecule has 0 saturated carbocycles. The maximum Gasteiger partial charge on any atom is 0.335 e. The summed E-state index contributed by atoms with van der Waals surface area (Å²) in [6.45, 7) is 5.53. The maximum absolute atomic E-state index is 13.1. The number of allylic oxidation sites excluding steroid dienone is 24. The van der Waals surface area contributed by atoms with E-state index in [9.17, 15) is 34.5 Å². The van der Waals surface area contributed by atoms with Crippen LogP contribution in [0.2, 0.25) is 0 Å². The van der Waals surface area contributed by atoms with Gasteiger partial charge in [0, 0.05) is 19.3 Å². The van der Waals surface area contributed by atoms with Gasteiger partial charge in [0.25, 0.3) is 0 Å². The Balaban J connectivity index is 2.79. The first-order chi connectivity index (χ1) is 36.6. The van der Waals surface area contributed by atoms with Crippen LogP contribution in [-0.4, -0.2) is 89.2 Å². The van der Waals surface area contributed by atoms with E-state index in [-0.39, 0.29) is 25.9 Å². The predicted molar refractivity (Wildman–Crippen MR) is 302 cm³/mol. The van der Waals surface area contributed by atoms with Crippen LogP contribution in [0.4, 0.5) is 0 Å². The van der Waals surface area contributed by atoms with Gasteiger partial charge in [0.15, 0.2) is 24.6 Å². The summed E-state index contributed by atoms with van der Waals surface area (Å²) in [7, 11) is 0. The van der Waals surface area contributed by atoms with Crippen LogP contribution in [0.15, 0.2) is 146 Å². The van der Waals surface area contributed by atoms with Gasteiger partial charge in [-0.1, -0.05) is 179 Å². The van der Waals surface area contributed by atoms with Crippen LogP contribution in [0.1, 0.15) is 175 Å². The third-order valence-electron chi connectivity index (χ3n) is 11.4. The number of aliphatic hydroxyl groups is 2. The lowest BCUT2D eigenvalue weighted by Crippen LogP contribution is -2.61. The molecule has 418 valence electrons. The fourth-order valence-electron chi connectivity index (χ4n) is 7.24. The van der Waals surface area contributed by atoms with Crippen molar-refractivity contribution >= 4 is 23.9 Å². The number of ether oxygens (including phenoxy) is 5. The summed E-state index contributed by atoms with van der Waals surface area (Å²) >= 11 is 0. The molecule has 0 amide bonds. The normalized spacial score (nSPS) is 19.3. The molecule has 1 aliphatic rings. The van der Waals surface area contributed by atoms with Crippen LogP contribution >= 0.6 is 0 Å². The number of carboxylic acids is 1. The molecule has 12 heteroatoms. The molecule has 0 spiro atoms. The lowest BCUT2D eigenvalue weighted by molar-refractivity contribution is -0.301. The van der Waals surface area contributed by atoms with Crippen molar-refractivity contribution in [3.8, 4) is 0 Å². The van der Waals surface area contributed by atoms with E-state index in [1.165, 1.54) is 0 Å². The molecule has 0 aromatic carbocycles. The number of carbonyl (C=O) groups is 4. The molecule has 12 nitrogen and oxygen atoms in total. The highest BCUT2D eigenvalue weighted by atomic mass is 16.7. The fraction of sp³-hybridized carbons (Fsp3) is 0.556. The van der Waals surface area contributed by atoms with E-state index in [4.69, 9.17) is 23.7 Å². The Kier molecular flexibility index (Phi) is 44.6. The van der Waals surface area contributed by atoms with Gasteiger partial charge in [0.05, 0.1) is 6.61 Å². The topological polar surface area (TPSA) is 175 Å². The standard InChI is InChI=1S/C63H94O12/c1-4-7-10-13-16-19-22-25-26-27-28-29-30-33-36-39-42-45-48-51-57(66)74-61-59(68)58(67)60(62(69)70)75-63(61)72-53-54(73-56(65)50-47-44-41-38-35-32-24-21-18-15-12-9-6-3)52-71-55(64)49-46-43-40-37-34-31-23-20-17-14-11-8-5-2/h7-12,16-21,25-26,28-29,31-36,42,45,54,58-61,63,67-68H,4-6,13-15,22-24,27,30,37-41,43-44,46-53H2,1-3H3,(H,69,70)/b10-7-,11-8-,12-9-,19-16-,20-17-,21-18-,26-25-,29-28-,34-31-,35-32-,36-33-,45-42-. The summed E-state index contributed by atoms with van der Waals surface area (Å²) in [6.07, 6.45) is 58.4. The molecule has 0 aromatic rings. The first-order valence-corrected chi connectivity index (χ1v) is 27.8.